The summed E-state index contributed by atoms with van der Waals surface area (Å²) in [6, 6.07) is 6.57. The summed E-state index contributed by atoms with van der Waals surface area (Å²) in [5.41, 5.74) is 4.76. The minimum Gasteiger partial charge on any atom is -0.327 e. The fourth-order valence-corrected chi connectivity index (χ4v) is 2.36. The largest absolute Gasteiger partial charge is 0.327 e. The average molecular weight is 255 g/mol. The van der Waals surface area contributed by atoms with Gasteiger partial charge in [0.25, 0.3) is 0 Å². The molecule has 1 aromatic heterocycles. The van der Waals surface area contributed by atoms with Gasteiger partial charge >= 0.3 is 0 Å². The summed E-state index contributed by atoms with van der Waals surface area (Å²) in [4.78, 5) is 4.76. The minimum atomic E-state index is 0.531. The molecule has 0 fully saturated rings. The monoisotopic (exact) mass is 255 g/mol. The molecule has 0 bridgehead atoms. The molecule has 0 unspecified atom stereocenters. The van der Waals surface area contributed by atoms with Crippen LogP contribution in [0.5, 0.6) is 0 Å². The van der Waals surface area contributed by atoms with Crippen molar-refractivity contribution >= 4 is 11.0 Å². The van der Waals surface area contributed by atoms with Crippen LogP contribution in [0.4, 0.5) is 0 Å². The second-order valence-electron chi connectivity index (χ2n) is 5.61. The van der Waals surface area contributed by atoms with Crippen LogP contribution in [0.3, 0.4) is 0 Å². The SMILES string of the molecule is Cc1cc2nc(CC(C)C)n(CCC#N)c2cc1C. The molecule has 0 amide bonds. The third kappa shape index (κ3) is 2.78. The molecule has 3 nitrogen and oxygen atoms in total. The number of fused-ring (bicyclic) bond motifs is 1. The van der Waals surface area contributed by atoms with E-state index in [1.165, 1.54) is 11.1 Å². The Morgan fingerprint density at radius 1 is 1.26 bits per heavy atom. The van der Waals surface area contributed by atoms with Crippen molar-refractivity contribution < 1.29 is 0 Å². The van der Waals surface area contributed by atoms with E-state index in [0.29, 0.717) is 12.3 Å². The van der Waals surface area contributed by atoms with Crippen LogP contribution in [-0.2, 0) is 13.0 Å². The third-order valence-corrected chi connectivity index (χ3v) is 3.48. The van der Waals surface area contributed by atoms with Crippen molar-refractivity contribution in [1.29, 1.82) is 5.26 Å². The van der Waals surface area contributed by atoms with Gasteiger partial charge in [-0.3, -0.25) is 0 Å². The summed E-state index contributed by atoms with van der Waals surface area (Å²) in [5, 5.41) is 8.82. The van der Waals surface area contributed by atoms with E-state index in [2.05, 4.69) is 50.5 Å². The fourth-order valence-electron chi connectivity index (χ4n) is 2.36. The first-order chi connectivity index (χ1) is 9.02. The van der Waals surface area contributed by atoms with E-state index in [1.807, 2.05) is 0 Å². The van der Waals surface area contributed by atoms with E-state index in [4.69, 9.17) is 10.2 Å². The van der Waals surface area contributed by atoms with Crippen molar-refractivity contribution in [3.05, 3.63) is 29.1 Å². The first kappa shape index (κ1) is 13.6. The summed E-state index contributed by atoms with van der Waals surface area (Å²) in [6.07, 6.45) is 1.49. The predicted molar refractivity (Wildman–Crippen MR) is 78.0 cm³/mol. The lowest BCUT2D eigenvalue weighted by Gasteiger charge is -2.09. The molecular weight excluding hydrogens is 234 g/mol. The Bertz CT molecular complexity index is 629. The molecule has 0 aliphatic rings. The van der Waals surface area contributed by atoms with E-state index >= 15 is 0 Å². The highest BCUT2D eigenvalue weighted by molar-refractivity contribution is 5.78. The summed E-state index contributed by atoms with van der Waals surface area (Å²) in [6.45, 7) is 9.37. The molecule has 2 aromatic rings. The van der Waals surface area contributed by atoms with Gasteiger partial charge in [-0.2, -0.15) is 5.26 Å². The normalized spacial score (nSPS) is 11.2. The highest BCUT2D eigenvalue weighted by Crippen LogP contribution is 2.22. The van der Waals surface area contributed by atoms with Gasteiger partial charge < -0.3 is 4.57 Å². The van der Waals surface area contributed by atoms with Crippen molar-refractivity contribution in [1.82, 2.24) is 9.55 Å². The number of aromatic nitrogens is 2. The molecule has 0 aliphatic carbocycles. The smallest absolute Gasteiger partial charge is 0.110 e. The number of aryl methyl sites for hydroxylation is 3. The Morgan fingerprint density at radius 2 is 1.95 bits per heavy atom. The first-order valence-corrected chi connectivity index (χ1v) is 6.86. The van der Waals surface area contributed by atoms with Crippen LogP contribution in [-0.4, -0.2) is 9.55 Å². The van der Waals surface area contributed by atoms with Crippen molar-refractivity contribution in [3.63, 3.8) is 0 Å². The zero-order valence-corrected chi connectivity index (χ0v) is 12.2. The molecule has 0 saturated heterocycles. The molecular formula is C16H21N3. The maximum Gasteiger partial charge on any atom is 0.110 e. The van der Waals surface area contributed by atoms with Crippen molar-refractivity contribution in [2.75, 3.05) is 0 Å². The summed E-state index contributed by atoms with van der Waals surface area (Å²) < 4.78 is 2.21. The molecule has 2 rings (SSSR count). The predicted octanol–water partition coefficient (Wildman–Crippen LogP) is 3.77. The minimum absolute atomic E-state index is 0.531. The highest BCUT2D eigenvalue weighted by Gasteiger charge is 2.12. The summed E-state index contributed by atoms with van der Waals surface area (Å²) >= 11 is 0. The molecule has 1 heterocycles. The van der Waals surface area contributed by atoms with Gasteiger partial charge in [0.2, 0.25) is 0 Å². The molecule has 3 heteroatoms. The molecule has 0 radical (unpaired) electrons. The number of nitrogens with zero attached hydrogens (tertiary/aromatic N) is 3. The summed E-state index contributed by atoms with van der Waals surface area (Å²) in [5.74, 6) is 1.67. The van der Waals surface area contributed by atoms with Gasteiger partial charge in [0.15, 0.2) is 0 Å². The van der Waals surface area contributed by atoms with Gasteiger partial charge in [-0.25, -0.2) is 4.98 Å². The number of imidazole rings is 1. The van der Waals surface area contributed by atoms with Gasteiger partial charge in [0.05, 0.1) is 23.5 Å². The Labute approximate surface area is 114 Å². The molecule has 1 aromatic carbocycles. The fraction of sp³-hybridized carbons (Fsp3) is 0.500. The number of benzene rings is 1. The van der Waals surface area contributed by atoms with E-state index in [0.717, 1.165) is 29.8 Å². The molecule has 0 N–H and O–H groups in total. The van der Waals surface area contributed by atoms with Crippen LogP contribution in [0.15, 0.2) is 12.1 Å². The van der Waals surface area contributed by atoms with Gasteiger partial charge in [-0.05, 0) is 43.0 Å². The van der Waals surface area contributed by atoms with E-state index in [-0.39, 0.29) is 0 Å². The van der Waals surface area contributed by atoms with Crippen LogP contribution in [0.1, 0.15) is 37.2 Å². The maximum atomic E-state index is 8.82. The molecule has 0 aliphatic heterocycles. The number of rotatable bonds is 4. The van der Waals surface area contributed by atoms with Crippen LogP contribution in [0, 0.1) is 31.1 Å². The lowest BCUT2D eigenvalue weighted by atomic mass is 10.1. The standard InChI is InChI=1S/C16H21N3/c1-11(2)8-16-18-14-9-12(3)13(4)10-15(14)19(16)7-5-6-17/h9-11H,5,7-8H2,1-4H3. The Morgan fingerprint density at radius 3 is 2.58 bits per heavy atom. The molecule has 0 spiro atoms. The average Bonchev–Trinajstić information content (AvgIpc) is 2.63. The third-order valence-electron chi connectivity index (χ3n) is 3.48. The number of nitriles is 1. The van der Waals surface area contributed by atoms with E-state index in [1.54, 1.807) is 0 Å². The molecule has 19 heavy (non-hydrogen) atoms. The lowest BCUT2D eigenvalue weighted by molar-refractivity contribution is 0.582. The second-order valence-corrected chi connectivity index (χ2v) is 5.61. The van der Waals surface area contributed by atoms with E-state index < -0.39 is 0 Å². The van der Waals surface area contributed by atoms with E-state index in [9.17, 15) is 0 Å². The van der Waals surface area contributed by atoms with Crippen LogP contribution in [0.2, 0.25) is 0 Å². The van der Waals surface area contributed by atoms with Crippen molar-refractivity contribution in [2.24, 2.45) is 5.92 Å². The number of hydrogen-bond acceptors (Lipinski definition) is 2. The van der Waals surface area contributed by atoms with Crippen LogP contribution >= 0.6 is 0 Å². The van der Waals surface area contributed by atoms with Crippen molar-refractivity contribution in [2.45, 2.75) is 47.1 Å². The van der Waals surface area contributed by atoms with Gasteiger partial charge in [0.1, 0.15) is 5.82 Å². The quantitative estimate of drug-likeness (QED) is 0.834. The Balaban J connectivity index is 2.56. The molecule has 0 atom stereocenters. The first-order valence-electron chi connectivity index (χ1n) is 6.86. The second kappa shape index (κ2) is 5.44. The zero-order valence-electron chi connectivity index (χ0n) is 12.2. The van der Waals surface area contributed by atoms with Gasteiger partial charge in [-0.15, -0.1) is 0 Å². The van der Waals surface area contributed by atoms with Crippen LogP contribution in [0.25, 0.3) is 11.0 Å². The lowest BCUT2D eigenvalue weighted by Crippen LogP contribution is -2.07. The zero-order chi connectivity index (χ0) is 14.0. The molecule has 100 valence electrons. The highest BCUT2D eigenvalue weighted by atomic mass is 15.1. The van der Waals surface area contributed by atoms with Gasteiger partial charge in [0, 0.05) is 13.0 Å². The Hall–Kier alpha value is -1.82. The number of hydrogen-bond donors (Lipinski definition) is 0. The Kier molecular flexibility index (Phi) is 3.90. The maximum absolute atomic E-state index is 8.82. The topological polar surface area (TPSA) is 41.6 Å². The van der Waals surface area contributed by atoms with Crippen molar-refractivity contribution in [3.8, 4) is 6.07 Å². The summed E-state index contributed by atoms with van der Waals surface area (Å²) in [7, 11) is 0. The van der Waals surface area contributed by atoms with Gasteiger partial charge in [-0.1, -0.05) is 13.8 Å². The molecule has 0 saturated carbocycles. The van der Waals surface area contributed by atoms with Crippen LogP contribution < -0.4 is 0 Å².